The van der Waals surface area contributed by atoms with Crippen molar-refractivity contribution < 1.29 is 18.7 Å². The summed E-state index contributed by atoms with van der Waals surface area (Å²) in [5, 5.41) is 8.84. The van der Waals surface area contributed by atoms with Crippen LogP contribution in [0.25, 0.3) is 0 Å². The fourth-order valence-electron chi connectivity index (χ4n) is 2.55. The van der Waals surface area contributed by atoms with Crippen LogP contribution in [0.15, 0.2) is 34.9 Å². The zero-order valence-electron chi connectivity index (χ0n) is 14.5. The molecule has 0 aliphatic carbocycles. The second kappa shape index (κ2) is 8.15. The first-order valence-corrected chi connectivity index (χ1v) is 7.89. The molecule has 6 heteroatoms. The summed E-state index contributed by atoms with van der Waals surface area (Å²) in [5.74, 6) is -0.553. The number of benzene rings is 1. The van der Waals surface area contributed by atoms with E-state index >= 15 is 0 Å². The molecule has 0 atom stereocenters. The molecule has 1 aromatic carbocycles. The summed E-state index contributed by atoms with van der Waals surface area (Å²) in [5.41, 5.74) is 3.00. The van der Waals surface area contributed by atoms with Gasteiger partial charge in [0, 0.05) is 12.2 Å². The lowest BCUT2D eigenvalue weighted by molar-refractivity contribution is -0.121. The van der Waals surface area contributed by atoms with Gasteiger partial charge in [0.05, 0.1) is 18.8 Å². The van der Waals surface area contributed by atoms with E-state index in [9.17, 15) is 9.59 Å². The highest BCUT2D eigenvalue weighted by atomic mass is 16.5. The molecule has 1 amide bonds. The number of furan rings is 1. The molecule has 1 aromatic heterocycles. The summed E-state index contributed by atoms with van der Waals surface area (Å²) >= 11 is 0. The molecule has 0 fully saturated rings. The smallest absolute Gasteiger partial charge is 0.342 e. The van der Waals surface area contributed by atoms with Crippen molar-refractivity contribution in [1.82, 2.24) is 0 Å². The molecule has 0 unspecified atom stereocenters. The number of ether oxygens (including phenoxy) is 1. The van der Waals surface area contributed by atoms with Crippen molar-refractivity contribution in [3.8, 4) is 6.07 Å². The third-order valence-electron chi connectivity index (χ3n) is 3.67. The Balaban J connectivity index is 2.12. The number of anilines is 1. The molecular formula is C19H20N2O4. The fourth-order valence-corrected chi connectivity index (χ4v) is 2.55. The van der Waals surface area contributed by atoms with Crippen LogP contribution >= 0.6 is 0 Å². The van der Waals surface area contributed by atoms with Gasteiger partial charge in [0.25, 0.3) is 5.91 Å². The quantitative estimate of drug-likeness (QED) is 0.753. The average Bonchev–Trinajstić information content (AvgIpc) is 2.98. The molecule has 6 nitrogen and oxygen atoms in total. The molecule has 0 aliphatic heterocycles. The van der Waals surface area contributed by atoms with Crippen molar-refractivity contribution in [2.45, 2.75) is 27.2 Å². The van der Waals surface area contributed by atoms with Gasteiger partial charge in [-0.25, -0.2) is 4.79 Å². The molecular weight excluding hydrogens is 320 g/mol. The van der Waals surface area contributed by atoms with E-state index in [1.165, 1.54) is 17.2 Å². The third kappa shape index (κ3) is 4.70. The number of rotatable bonds is 6. The number of carbonyl (C=O) groups excluding carboxylic acids is 2. The first-order valence-electron chi connectivity index (χ1n) is 7.89. The minimum Gasteiger partial charge on any atom is -0.469 e. The minimum atomic E-state index is -0.611. The highest BCUT2D eigenvalue weighted by Crippen LogP contribution is 2.20. The largest absolute Gasteiger partial charge is 0.469 e. The normalized spacial score (nSPS) is 10.2. The molecule has 2 rings (SSSR count). The summed E-state index contributed by atoms with van der Waals surface area (Å²) < 4.78 is 10.2. The first-order chi connectivity index (χ1) is 11.9. The Kier molecular flexibility index (Phi) is 5.96. The van der Waals surface area contributed by atoms with Crippen LogP contribution in [0.4, 0.5) is 5.69 Å². The van der Waals surface area contributed by atoms with Crippen LogP contribution in [0, 0.1) is 32.1 Å². The Labute approximate surface area is 146 Å². The van der Waals surface area contributed by atoms with Crippen molar-refractivity contribution in [1.29, 1.82) is 5.26 Å². The van der Waals surface area contributed by atoms with E-state index in [0.717, 1.165) is 11.1 Å². The lowest BCUT2D eigenvalue weighted by Gasteiger charge is -2.22. The molecule has 0 aliphatic rings. The average molecular weight is 340 g/mol. The van der Waals surface area contributed by atoms with E-state index in [1.54, 1.807) is 6.92 Å². The van der Waals surface area contributed by atoms with Gasteiger partial charge in [0.1, 0.15) is 11.3 Å². The second-order valence-corrected chi connectivity index (χ2v) is 5.77. The van der Waals surface area contributed by atoms with Gasteiger partial charge in [0.15, 0.2) is 6.61 Å². The van der Waals surface area contributed by atoms with Crippen molar-refractivity contribution in [3.05, 3.63) is 53.0 Å². The Bertz CT molecular complexity index is 797. The van der Waals surface area contributed by atoms with E-state index < -0.39 is 12.6 Å². The Morgan fingerprint density at radius 3 is 2.44 bits per heavy atom. The summed E-state index contributed by atoms with van der Waals surface area (Å²) in [4.78, 5) is 26.0. The van der Waals surface area contributed by atoms with Gasteiger partial charge in [-0.15, -0.1) is 0 Å². The predicted octanol–water partition coefficient (Wildman–Crippen LogP) is 3.31. The monoisotopic (exact) mass is 340 g/mol. The molecule has 0 spiro atoms. The maximum atomic E-state index is 12.5. The minimum absolute atomic E-state index is 0.188. The van der Waals surface area contributed by atoms with Crippen LogP contribution in [0.1, 0.15) is 33.7 Å². The van der Waals surface area contributed by atoms with Crippen LogP contribution in [-0.2, 0) is 9.53 Å². The summed E-state index contributed by atoms with van der Waals surface area (Å²) in [6.45, 7) is 5.35. The maximum Gasteiger partial charge on any atom is 0.342 e. The van der Waals surface area contributed by atoms with Crippen LogP contribution < -0.4 is 4.90 Å². The maximum absolute atomic E-state index is 12.5. The van der Waals surface area contributed by atoms with Gasteiger partial charge in [-0.3, -0.25) is 4.79 Å². The van der Waals surface area contributed by atoms with E-state index in [2.05, 4.69) is 0 Å². The van der Waals surface area contributed by atoms with Gasteiger partial charge in [-0.05, 0) is 50.1 Å². The number of hydrogen-bond acceptors (Lipinski definition) is 5. The molecule has 2 aromatic rings. The molecule has 0 radical (unpaired) electrons. The van der Waals surface area contributed by atoms with Crippen molar-refractivity contribution in [2.24, 2.45) is 0 Å². The topological polar surface area (TPSA) is 83.5 Å². The zero-order valence-corrected chi connectivity index (χ0v) is 14.5. The number of carbonyl (C=O) groups is 2. The number of esters is 1. The molecule has 0 saturated heterocycles. The number of amides is 1. The molecule has 25 heavy (non-hydrogen) atoms. The van der Waals surface area contributed by atoms with Crippen molar-refractivity contribution in [3.63, 3.8) is 0 Å². The number of aryl methyl sites for hydroxylation is 3. The van der Waals surface area contributed by atoms with Crippen LogP contribution in [0.5, 0.6) is 0 Å². The summed E-state index contributed by atoms with van der Waals surface area (Å²) in [6.07, 6.45) is 1.58. The Hall–Kier alpha value is -3.07. The van der Waals surface area contributed by atoms with Gasteiger partial charge in [0.2, 0.25) is 0 Å². The number of nitrogens with zero attached hydrogens (tertiary/aromatic N) is 2. The SMILES string of the molecule is Cc1cc(C)cc(N(CCC#N)C(=O)COC(=O)c2ccoc2C)c1. The highest BCUT2D eigenvalue weighted by molar-refractivity contribution is 5.97. The Morgan fingerprint density at radius 2 is 1.88 bits per heavy atom. The Morgan fingerprint density at radius 1 is 1.20 bits per heavy atom. The zero-order chi connectivity index (χ0) is 18.4. The van der Waals surface area contributed by atoms with Crippen LogP contribution in [-0.4, -0.2) is 25.0 Å². The summed E-state index contributed by atoms with van der Waals surface area (Å²) in [6, 6.07) is 9.26. The second-order valence-electron chi connectivity index (χ2n) is 5.77. The third-order valence-corrected chi connectivity index (χ3v) is 3.67. The van der Waals surface area contributed by atoms with Gasteiger partial charge >= 0.3 is 5.97 Å². The molecule has 1 heterocycles. The standard InChI is InChI=1S/C19H20N2O4/c1-13-9-14(2)11-16(10-13)21(7-4-6-20)18(22)12-25-19(23)17-5-8-24-15(17)3/h5,8-11H,4,7,12H2,1-3H3. The van der Waals surface area contributed by atoms with E-state index in [-0.39, 0.29) is 18.9 Å². The number of hydrogen-bond donors (Lipinski definition) is 0. The van der Waals surface area contributed by atoms with Gasteiger partial charge in [-0.1, -0.05) is 6.07 Å². The number of nitriles is 1. The summed E-state index contributed by atoms with van der Waals surface area (Å²) in [7, 11) is 0. The molecule has 0 N–H and O–H groups in total. The van der Waals surface area contributed by atoms with Crippen LogP contribution in [0.3, 0.4) is 0 Å². The molecule has 130 valence electrons. The van der Waals surface area contributed by atoms with Crippen LogP contribution in [0.2, 0.25) is 0 Å². The first kappa shape index (κ1) is 18.3. The van der Waals surface area contributed by atoms with E-state index in [1.807, 2.05) is 38.1 Å². The predicted molar refractivity (Wildman–Crippen MR) is 92.2 cm³/mol. The lowest BCUT2D eigenvalue weighted by Crippen LogP contribution is -2.35. The van der Waals surface area contributed by atoms with Crippen molar-refractivity contribution in [2.75, 3.05) is 18.1 Å². The highest BCUT2D eigenvalue weighted by Gasteiger charge is 2.20. The lowest BCUT2D eigenvalue weighted by atomic mass is 10.1. The van der Waals surface area contributed by atoms with Gasteiger partial charge < -0.3 is 14.1 Å². The fraction of sp³-hybridized carbons (Fsp3) is 0.316. The van der Waals surface area contributed by atoms with E-state index in [4.69, 9.17) is 14.4 Å². The molecule has 0 saturated carbocycles. The van der Waals surface area contributed by atoms with Gasteiger partial charge in [-0.2, -0.15) is 5.26 Å². The van der Waals surface area contributed by atoms with E-state index in [0.29, 0.717) is 17.0 Å². The molecule has 0 bridgehead atoms. The van der Waals surface area contributed by atoms with Crippen molar-refractivity contribution >= 4 is 17.6 Å².